The number of likely N-dealkylation sites (tertiary alicyclic amines) is 1. The minimum atomic E-state index is 0.0684. The van der Waals surface area contributed by atoms with Gasteiger partial charge in [0.1, 0.15) is 12.6 Å². The number of rotatable bonds is 2. The molecule has 108 valence electrons. The second-order valence-corrected chi connectivity index (χ2v) is 6.55. The highest BCUT2D eigenvalue weighted by molar-refractivity contribution is 5.82. The van der Waals surface area contributed by atoms with Crippen molar-refractivity contribution in [3.05, 3.63) is 0 Å². The van der Waals surface area contributed by atoms with Crippen LogP contribution in [0.2, 0.25) is 0 Å². The molecule has 4 nitrogen and oxygen atoms in total. The van der Waals surface area contributed by atoms with E-state index in [4.69, 9.17) is 0 Å². The third kappa shape index (κ3) is 3.11. The Morgan fingerprint density at radius 2 is 1.95 bits per heavy atom. The predicted octanol–water partition coefficient (Wildman–Crippen LogP) is -0.0496. The Bertz CT molecular complexity index is 309. The fraction of sp³-hybridized carbons (Fsp3) is 0.933. The van der Waals surface area contributed by atoms with E-state index in [1.807, 2.05) is 0 Å². The lowest BCUT2D eigenvalue weighted by Crippen LogP contribution is -2.92. The summed E-state index contributed by atoms with van der Waals surface area (Å²) in [6, 6.07) is 0.0684. The summed E-state index contributed by atoms with van der Waals surface area (Å²) in [5.74, 6) is 2.04. The number of carbonyl (C=O) groups is 1. The van der Waals surface area contributed by atoms with E-state index in [0.29, 0.717) is 5.91 Å². The Labute approximate surface area is 116 Å². The van der Waals surface area contributed by atoms with Gasteiger partial charge in [-0.3, -0.25) is 10.1 Å². The Morgan fingerprint density at radius 1 is 1.11 bits per heavy atom. The monoisotopic (exact) mass is 266 g/mol. The van der Waals surface area contributed by atoms with Crippen LogP contribution in [0.4, 0.5) is 0 Å². The Hall–Kier alpha value is -0.610. The van der Waals surface area contributed by atoms with Crippen LogP contribution in [0, 0.1) is 11.8 Å². The molecule has 0 bridgehead atoms. The van der Waals surface area contributed by atoms with Crippen LogP contribution in [0.25, 0.3) is 0 Å². The number of amides is 1. The number of quaternary nitrogens is 1. The highest BCUT2D eigenvalue weighted by Crippen LogP contribution is 2.35. The molecule has 2 heterocycles. The van der Waals surface area contributed by atoms with Crippen LogP contribution in [0.1, 0.15) is 38.5 Å². The van der Waals surface area contributed by atoms with Gasteiger partial charge in [0.05, 0.1) is 6.54 Å². The molecule has 3 N–H and O–H groups in total. The van der Waals surface area contributed by atoms with Gasteiger partial charge in [0.2, 0.25) is 5.91 Å². The molecule has 2 saturated heterocycles. The number of nitrogens with one attached hydrogen (secondary N) is 1. The Kier molecular flexibility index (Phi) is 4.38. The molecule has 1 saturated carbocycles. The van der Waals surface area contributed by atoms with Gasteiger partial charge in [-0.1, -0.05) is 32.1 Å². The van der Waals surface area contributed by atoms with Crippen LogP contribution in [-0.4, -0.2) is 49.6 Å². The maximum Gasteiger partial charge on any atom is 0.245 e. The average Bonchev–Trinajstić information content (AvgIpc) is 2.98. The van der Waals surface area contributed by atoms with E-state index in [2.05, 4.69) is 15.5 Å². The molecule has 0 aromatic heterocycles. The van der Waals surface area contributed by atoms with Crippen molar-refractivity contribution >= 4 is 5.91 Å². The molecule has 1 unspecified atom stereocenters. The molecule has 0 spiro atoms. The number of hydrogen-bond acceptors (Lipinski definition) is 2. The third-order valence-corrected chi connectivity index (χ3v) is 5.29. The third-order valence-electron chi connectivity index (χ3n) is 5.29. The molecule has 0 radical (unpaired) electrons. The summed E-state index contributed by atoms with van der Waals surface area (Å²) in [4.78, 5) is 14.6. The standard InChI is InChI=1S/C15H27N3O/c19-15(14-10-16-7-8-17-14)18-9-6-13(11-18)12-4-2-1-3-5-12/h12-14,16-17H,1-11H2/p+1/t13-,14?/m1/s1. The zero-order valence-corrected chi connectivity index (χ0v) is 11.9. The zero-order chi connectivity index (χ0) is 13.1. The highest BCUT2D eigenvalue weighted by atomic mass is 16.2. The second-order valence-electron chi connectivity index (χ2n) is 6.55. The van der Waals surface area contributed by atoms with Gasteiger partial charge in [-0.15, -0.1) is 0 Å². The number of nitrogens with zero attached hydrogens (tertiary/aromatic N) is 1. The van der Waals surface area contributed by atoms with Gasteiger partial charge < -0.3 is 10.2 Å². The zero-order valence-electron chi connectivity index (χ0n) is 11.9. The minimum absolute atomic E-state index is 0.0684. The van der Waals surface area contributed by atoms with E-state index in [0.717, 1.165) is 44.6 Å². The van der Waals surface area contributed by atoms with Gasteiger partial charge in [0, 0.05) is 19.6 Å². The minimum Gasteiger partial charge on any atom is -0.343 e. The first-order valence-corrected chi connectivity index (χ1v) is 8.18. The second kappa shape index (κ2) is 6.23. The molecule has 2 atom stereocenters. The first-order valence-electron chi connectivity index (χ1n) is 8.18. The van der Waals surface area contributed by atoms with Crippen LogP contribution in [0.5, 0.6) is 0 Å². The molecular weight excluding hydrogens is 238 g/mol. The summed E-state index contributed by atoms with van der Waals surface area (Å²) in [5, 5.41) is 5.63. The van der Waals surface area contributed by atoms with E-state index in [1.165, 1.54) is 38.5 Å². The lowest BCUT2D eigenvalue weighted by Gasteiger charge is -2.29. The van der Waals surface area contributed by atoms with Crippen molar-refractivity contribution in [3.8, 4) is 0 Å². The van der Waals surface area contributed by atoms with Crippen molar-refractivity contribution in [3.63, 3.8) is 0 Å². The first kappa shape index (κ1) is 13.4. The summed E-state index contributed by atoms with van der Waals surface area (Å²) in [5.41, 5.74) is 0. The van der Waals surface area contributed by atoms with E-state index < -0.39 is 0 Å². The molecule has 4 heteroatoms. The van der Waals surface area contributed by atoms with Crippen molar-refractivity contribution in [1.82, 2.24) is 10.2 Å². The summed E-state index contributed by atoms with van der Waals surface area (Å²) in [7, 11) is 0. The molecular formula is C15H28N3O+. The predicted molar refractivity (Wildman–Crippen MR) is 74.7 cm³/mol. The van der Waals surface area contributed by atoms with Gasteiger partial charge in [0.25, 0.3) is 0 Å². The molecule has 1 amide bonds. The lowest BCUT2D eigenvalue weighted by molar-refractivity contribution is -0.661. The van der Waals surface area contributed by atoms with Crippen LogP contribution in [0.15, 0.2) is 0 Å². The smallest absolute Gasteiger partial charge is 0.245 e. The fourth-order valence-corrected chi connectivity index (χ4v) is 4.11. The van der Waals surface area contributed by atoms with Crippen molar-refractivity contribution < 1.29 is 10.1 Å². The van der Waals surface area contributed by atoms with Gasteiger partial charge in [0.15, 0.2) is 0 Å². The maximum absolute atomic E-state index is 12.5. The molecule has 3 fully saturated rings. The molecule has 3 aliphatic rings. The van der Waals surface area contributed by atoms with Crippen molar-refractivity contribution in [2.45, 2.75) is 44.6 Å². The Balaban J connectivity index is 1.51. The van der Waals surface area contributed by atoms with Crippen LogP contribution >= 0.6 is 0 Å². The van der Waals surface area contributed by atoms with Crippen LogP contribution in [-0.2, 0) is 4.79 Å². The summed E-state index contributed by atoms with van der Waals surface area (Å²) in [6.45, 7) is 5.02. The summed E-state index contributed by atoms with van der Waals surface area (Å²) in [6.07, 6.45) is 8.30. The van der Waals surface area contributed by atoms with Crippen molar-refractivity contribution in [1.29, 1.82) is 0 Å². The number of hydrogen-bond donors (Lipinski definition) is 2. The fourth-order valence-electron chi connectivity index (χ4n) is 4.11. The molecule has 1 aliphatic carbocycles. The lowest BCUT2D eigenvalue weighted by atomic mass is 9.80. The number of piperazine rings is 1. The Morgan fingerprint density at radius 3 is 2.68 bits per heavy atom. The van der Waals surface area contributed by atoms with E-state index in [-0.39, 0.29) is 6.04 Å². The summed E-state index contributed by atoms with van der Waals surface area (Å²) >= 11 is 0. The van der Waals surface area contributed by atoms with Crippen LogP contribution in [0.3, 0.4) is 0 Å². The van der Waals surface area contributed by atoms with Gasteiger partial charge in [-0.2, -0.15) is 0 Å². The van der Waals surface area contributed by atoms with Crippen molar-refractivity contribution in [2.75, 3.05) is 32.7 Å². The highest BCUT2D eigenvalue weighted by Gasteiger charge is 2.35. The molecule has 3 rings (SSSR count). The number of carbonyl (C=O) groups excluding carboxylic acids is 1. The van der Waals surface area contributed by atoms with Crippen LogP contribution < -0.4 is 10.6 Å². The van der Waals surface area contributed by atoms with Gasteiger partial charge >= 0.3 is 0 Å². The average molecular weight is 266 g/mol. The SMILES string of the molecule is O=C(C1C[NH2+]CCN1)N1CC[C@@H](C2CCCCC2)C1. The largest absolute Gasteiger partial charge is 0.343 e. The maximum atomic E-state index is 12.5. The van der Waals surface area contributed by atoms with E-state index >= 15 is 0 Å². The molecule has 2 aliphatic heterocycles. The molecule has 19 heavy (non-hydrogen) atoms. The van der Waals surface area contributed by atoms with E-state index in [9.17, 15) is 4.79 Å². The van der Waals surface area contributed by atoms with Gasteiger partial charge in [-0.05, 0) is 18.3 Å². The topological polar surface area (TPSA) is 49.0 Å². The molecule has 0 aromatic carbocycles. The normalized spacial score (nSPS) is 33.6. The first-order chi connectivity index (χ1) is 9.34. The molecule has 0 aromatic rings. The van der Waals surface area contributed by atoms with Crippen molar-refractivity contribution in [2.24, 2.45) is 11.8 Å². The quantitative estimate of drug-likeness (QED) is 0.736. The summed E-state index contributed by atoms with van der Waals surface area (Å²) < 4.78 is 0. The van der Waals surface area contributed by atoms with E-state index in [1.54, 1.807) is 0 Å². The number of nitrogens with two attached hydrogens (primary N) is 1. The van der Waals surface area contributed by atoms with Gasteiger partial charge in [-0.25, -0.2) is 0 Å².